The number of carbonyl (C=O) groups excluding carboxylic acids is 3. The van der Waals surface area contributed by atoms with Crippen molar-refractivity contribution in [1.29, 1.82) is 0 Å². The number of carboxylic acid groups (broad SMARTS) is 1. The Morgan fingerprint density at radius 3 is 1.84 bits per heavy atom. The molecule has 0 saturated heterocycles. The number of amides is 2. The van der Waals surface area contributed by atoms with Crippen LogP contribution in [0.5, 0.6) is 0 Å². The zero-order valence-electron chi connectivity index (χ0n) is 20.3. The first-order valence-corrected chi connectivity index (χ1v) is 11.3. The van der Waals surface area contributed by atoms with Gasteiger partial charge in [-0.25, -0.2) is 0 Å². The van der Waals surface area contributed by atoms with Crippen molar-refractivity contribution in [3.8, 4) is 0 Å². The average Bonchev–Trinajstić information content (AvgIpc) is 2.68. The normalized spacial score (nSPS) is 11.9. The molecule has 0 aliphatic rings. The van der Waals surface area contributed by atoms with Gasteiger partial charge in [0.25, 0.3) is 0 Å². The number of aliphatic carboxylic acids is 1. The van der Waals surface area contributed by atoms with E-state index in [1.165, 1.54) is 33.1 Å². The van der Waals surface area contributed by atoms with E-state index >= 15 is 0 Å². The summed E-state index contributed by atoms with van der Waals surface area (Å²) in [6.45, 7) is 10.1. The summed E-state index contributed by atoms with van der Waals surface area (Å²) in [5.74, 6) is -2.19. The first-order chi connectivity index (χ1) is 14.4. The molecule has 0 aromatic rings. The molecule has 0 aromatic heterocycles. The third kappa shape index (κ3) is 16.4. The standard InChI is InChI=1S/C19H34N2O6.C4H10/c1-4-5-6-7-8-9-10-11-16(24)21-14(13-22)17(25)20-12-15(23)19(2,3)18(26)27;1-4(2)3/h14,22H,4-13H2,1-3H3,(H,20,25)(H,21,24)(H,26,27);4H,1-3H3. The van der Waals surface area contributed by atoms with Crippen LogP contribution in [0.15, 0.2) is 0 Å². The van der Waals surface area contributed by atoms with Gasteiger partial charge in [-0.1, -0.05) is 66.2 Å². The van der Waals surface area contributed by atoms with Gasteiger partial charge in [0, 0.05) is 6.42 Å². The highest BCUT2D eigenvalue weighted by Gasteiger charge is 2.35. The second kappa shape index (κ2) is 17.7. The smallest absolute Gasteiger partial charge is 0.316 e. The van der Waals surface area contributed by atoms with Crippen molar-refractivity contribution in [1.82, 2.24) is 10.6 Å². The Balaban J connectivity index is 0. The lowest BCUT2D eigenvalue weighted by atomic mass is 9.88. The number of Topliss-reactive ketones (excluding diaryl/α,β-unsaturated/α-hetero) is 1. The number of carbonyl (C=O) groups is 4. The Hall–Kier alpha value is -1.96. The van der Waals surface area contributed by atoms with Crippen molar-refractivity contribution < 1.29 is 29.4 Å². The number of hydrogen-bond donors (Lipinski definition) is 4. The number of aliphatic hydroxyl groups excluding tert-OH is 1. The zero-order valence-corrected chi connectivity index (χ0v) is 20.3. The van der Waals surface area contributed by atoms with Crippen LogP contribution in [0.3, 0.4) is 0 Å². The molecule has 31 heavy (non-hydrogen) atoms. The number of nitrogens with one attached hydrogen (secondary N) is 2. The van der Waals surface area contributed by atoms with Crippen molar-refractivity contribution in [3.63, 3.8) is 0 Å². The molecule has 0 radical (unpaired) electrons. The molecule has 0 bridgehead atoms. The molecular weight excluding hydrogens is 400 g/mol. The summed E-state index contributed by atoms with van der Waals surface area (Å²) in [6, 6.07) is -1.16. The number of aliphatic hydroxyl groups is 1. The highest BCUT2D eigenvalue weighted by Crippen LogP contribution is 2.16. The first-order valence-electron chi connectivity index (χ1n) is 11.3. The van der Waals surface area contributed by atoms with Crippen LogP contribution in [0.4, 0.5) is 0 Å². The maximum absolute atomic E-state index is 12.0. The third-order valence-corrected chi connectivity index (χ3v) is 4.50. The van der Waals surface area contributed by atoms with Gasteiger partial charge in [-0.15, -0.1) is 0 Å². The molecule has 1 atom stereocenters. The zero-order chi connectivity index (χ0) is 24.4. The lowest BCUT2D eigenvalue weighted by Crippen LogP contribution is -2.51. The molecule has 0 aliphatic carbocycles. The molecule has 1 unspecified atom stereocenters. The van der Waals surface area contributed by atoms with Crippen LogP contribution in [0, 0.1) is 11.3 Å². The molecule has 0 saturated carbocycles. The molecule has 8 heteroatoms. The van der Waals surface area contributed by atoms with Gasteiger partial charge in [-0.3, -0.25) is 19.2 Å². The van der Waals surface area contributed by atoms with Crippen molar-refractivity contribution in [2.45, 2.75) is 99.0 Å². The molecule has 0 spiro atoms. The van der Waals surface area contributed by atoms with Crippen molar-refractivity contribution >= 4 is 23.6 Å². The predicted octanol–water partition coefficient (Wildman–Crippen LogP) is 3.06. The lowest BCUT2D eigenvalue weighted by Gasteiger charge is -2.20. The van der Waals surface area contributed by atoms with Crippen molar-refractivity contribution in [2.24, 2.45) is 11.3 Å². The van der Waals surface area contributed by atoms with Crippen molar-refractivity contribution in [3.05, 3.63) is 0 Å². The van der Waals surface area contributed by atoms with E-state index in [1.807, 2.05) is 0 Å². The van der Waals surface area contributed by atoms with Gasteiger partial charge in [0.2, 0.25) is 11.8 Å². The lowest BCUT2D eigenvalue weighted by molar-refractivity contribution is -0.152. The fraction of sp³-hybridized carbons (Fsp3) is 0.826. The minimum Gasteiger partial charge on any atom is -0.481 e. The molecule has 0 aliphatic heterocycles. The number of hydrogen-bond acceptors (Lipinski definition) is 5. The molecule has 8 nitrogen and oxygen atoms in total. The van der Waals surface area contributed by atoms with E-state index in [-0.39, 0.29) is 12.3 Å². The first kappa shape index (κ1) is 31.2. The minimum absolute atomic E-state index is 0.266. The van der Waals surface area contributed by atoms with Gasteiger partial charge in [0.15, 0.2) is 5.78 Å². The second-order valence-electron chi connectivity index (χ2n) is 8.98. The summed E-state index contributed by atoms with van der Waals surface area (Å²) in [7, 11) is 0. The van der Waals surface area contributed by atoms with E-state index in [0.717, 1.165) is 25.2 Å². The largest absolute Gasteiger partial charge is 0.481 e. The van der Waals surface area contributed by atoms with Gasteiger partial charge in [-0.05, 0) is 26.2 Å². The summed E-state index contributed by atoms with van der Waals surface area (Å²) in [5.41, 5.74) is -1.62. The highest BCUT2D eigenvalue weighted by molar-refractivity contribution is 6.04. The van der Waals surface area contributed by atoms with Crippen LogP contribution >= 0.6 is 0 Å². The van der Waals surface area contributed by atoms with E-state index in [0.29, 0.717) is 6.42 Å². The summed E-state index contributed by atoms with van der Waals surface area (Å²) in [4.78, 5) is 46.8. The van der Waals surface area contributed by atoms with Crippen LogP contribution in [0.2, 0.25) is 0 Å². The Kier molecular flexibility index (Phi) is 17.8. The second-order valence-corrected chi connectivity index (χ2v) is 8.98. The molecule has 0 fully saturated rings. The highest BCUT2D eigenvalue weighted by atomic mass is 16.4. The van der Waals surface area contributed by atoms with Crippen LogP contribution in [0.1, 0.15) is 92.9 Å². The predicted molar refractivity (Wildman–Crippen MR) is 122 cm³/mol. The fourth-order valence-electron chi connectivity index (χ4n) is 2.33. The summed E-state index contributed by atoms with van der Waals surface area (Å²) >= 11 is 0. The van der Waals surface area contributed by atoms with Crippen molar-refractivity contribution in [2.75, 3.05) is 13.2 Å². The Morgan fingerprint density at radius 1 is 0.903 bits per heavy atom. The van der Waals surface area contributed by atoms with Crippen LogP contribution in [0.25, 0.3) is 0 Å². The molecule has 182 valence electrons. The monoisotopic (exact) mass is 444 g/mol. The summed E-state index contributed by atoms with van der Waals surface area (Å²) in [5, 5.41) is 23.0. The fourth-order valence-corrected chi connectivity index (χ4v) is 2.33. The van der Waals surface area contributed by atoms with Crippen LogP contribution in [-0.4, -0.2) is 53.0 Å². The minimum atomic E-state index is -1.62. The van der Waals surface area contributed by atoms with Gasteiger partial charge in [0.1, 0.15) is 11.5 Å². The Morgan fingerprint density at radius 2 is 1.39 bits per heavy atom. The van der Waals surface area contributed by atoms with E-state index in [2.05, 4.69) is 38.3 Å². The molecule has 2 amide bonds. The third-order valence-electron chi connectivity index (χ3n) is 4.50. The summed E-state index contributed by atoms with van der Waals surface area (Å²) < 4.78 is 0. The Bertz CT molecular complexity index is 543. The van der Waals surface area contributed by atoms with Crippen LogP contribution in [-0.2, 0) is 19.2 Å². The number of rotatable bonds is 15. The van der Waals surface area contributed by atoms with Crippen LogP contribution < -0.4 is 10.6 Å². The topological polar surface area (TPSA) is 133 Å². The maximum Gasteiger partial charge on any atom is 0.316 e. The quantitative estimate of drug-likeness (QED) is 0.227. The maximum atomic E-state index is 12.0. The SMILES string of the molecule is CC(C)C.CCCCCCCCCC(=O)NC(CO)C(=O)NCC(=O)C(C)(C)C(=O)O. The van der Waals surface area contributed by atoms with E-state index < -0.39 is 42.3 Å². The number of unbranched alkanes of at least 4 members (excludes halogenated alkanes) is 6. The van der Waals surface area contributed by atoms with Gasteiger partial charge < -0.3 is 20.8 Å². The molecule has 0 rings (SSSR count). The van der Waals surface area contributed by atoms with Gasteiger partial charge in [-0.2, -0.15) is 0 Å². The number of carboxylic acids is 1. The average molecular weight is 445 g/mol. The van der Waals surface area contributed by atoms with E-state index in [9.17, 15) is 24.3 Å². The Labute approximate surface area is 187 Å². The van der Waals surface area contributed by atoms with Gasteiger partial charge in [0.05, 0.1) is 13.2 Å². The summed E-state index contributed by atoms with van der Waals surface area (Å²) in [6.07, 6.45) is 7.74. The van der Waals surface area contributed by atoms with E-state index in [4.69, 9.17) is 5.11 Å². The molecule has 0 aromatic carbocycles. The van der Waals surface area contributed by atoms with Gasteiger partial charge >= 0.3 is 5.97 Å². The molecule has 0 heterocycles. The molecular formula is C23H44N2O6. The number of ketones is 1. The van der Waals surface area contributed by atoms with E-state index in [1.54, 1.807) is 0 Å². The molecule has 4 N–H and O–H groups in total.